The van der Waals surface area contributed by atoms with Crippen molar-refractivity contribution < 1.29 is 22.0 Å². The Morgan fingerprint density at radius 2 is 1.40 bits per heavy atom. The van der Waals surface area contributed by atoms with E-state index < -0.39 is 12.1 Å². The zero-order valence-corrected chi connectivity index (χ0v) is 7.43. The zero-order chi connectivity index (χ0) is 11.5. The summed E-state index contributed by atoms with van der Waals surface area (Å²) in [5.41, 5.74) is 0.293. The summed E-state index contributed by atoms with van der Waals surface area (Å²) >= 11 is 0. The van der Waals surface area contributed by atoms with Gasteiger partial charge >= 0.3 is 12.1 Å². The van der Waals surface area contributed by atoms with E-state index in [1.807, 2.05) is 0 Å². The molecular formula is C10H7F5. The zero-order valence-electron chi connectivity index (χ0n) is 7.43. The van der Waals surface area contributed by atoms with Gasteiger partial charge in [0, 0.05) is 0 Å². The first kappa shape index (κ1) is 11.7. The van der Waals surface area contributed by atoms with Gasteiger partial charge in [0.05, 0.1) is 0 Å². The topological polar surface area (TPSA) is 0 Å². The van der Waals surface area contributed by atoms with Gasteiger partial charge in [-0.1, -0.05) is 36.4 Å². The van der Waals surface area contributed by atoms with Gasteiger partial charge in [0.2, 0.25) is 0 Å². The molecule has 1 aromatic carbocycles. The number of allylic oxidation sites excluding steroid dienone is 1. The van der Waals surface area contributed by atoms with E-state index >= 15 is 0 Å². The molecule has 0 radical (unpaired) electrons. The summed E-state index contributed by atoms with van der Waals surface area (Å²) in [6, 6.07) is 7.60. The lowest BCUT2D eigenvalue weighted by atomic mass is 10.2. The maximum absolute atomic E-state index is 12.4. The maximum Gasteiger partial charge on any atom is 0.457 e. The van der Waals surface area contributed by atoms with Crippen molar-refractivity contribution in [3.63, 3.8) is 0 Å². The van der Waals surface area contributed by atoms with Crippen molar-refractivity contribution in [1.82, 2.24) is 0 Å². The second-order valence-corrected chi connectivity index (χ2v) is 2.86. The molecular weight excluding hydrogens is 215 g/mol. The van der Waals surface area contributed by atoms with Crippen molar-refractivity contribution in [3.8, 4) is 0 Å². The average Bonchev–Trinajstić information content (AvgIpc) is 2.15. The molecule has 0 saturated heterocycles. The molecule has 0 amide bonds. The van der Waals surface area contributed by atoms with Crippen LogP contribution in [0, 0.1) is 0 Å². The fourth-order valence-corrected chi connectivity index (χ4v) is 0.860. The molecule has 82 valence electrons. The summed E-state index contributed by atoms with van der Waals surface area (Å²) < 4.78 is 60.0. The lowest BCUT2D eigenvalue weighted by Gasteiger charge is -2.15. The number of rotatable bonds is 2. The van der Waals surface area contributed by atoms with E-state index in [0.29, 0.717) is 5.56 Å². The molecule has 1 aromatic rings. The molecule has 0 aliphatic rings. The third-order valence-corrected chi connectivity index (χ3v) is 1.66. The third-order valence-electron chi connectivity index (χ3n) is 1.66. The van der Waals surface area contributed by atoms with Gasteiger partial charge in [-0.3, -0.25) is 0 Å². The summed E-state index contributed by atoms with van der Waals surface area (Å²) in [5.74, 6) is -4.79. The van der Waals surface area contributed by atoms with Crippen LogP contribution in [0.3, 0.4) is 0 Å². The monoisotopic (exact) mass is 222 g/mol. The highest BCUT2D eigenvalue weighted by molar-refractivity contribution is 5.49. The van der Waals surface area contributed by atoms with E-state index in [4.69, 9.17) is 0 Å². The molecule has 0 aliphatic heterocycles. The Morgan fingerprint density at radius 3 is 1.87 bits per heavy atom. The van der Waals surface area contributed by atoms with E-state index in [9.17, 15) is 22.0 Å². The van der Waals surface area contributed by atoms with E-state index in [1.54, 1.807) is 18.2 Å². The van der Waals surface area contributed by atoms with Gasteiger partial charge in [0.1, 0.15) is 0 Å². The lowest BCUT2D eigenvalue weighted by molar-refractivity contribution is -0.258. The van der Waals surface area contributed by atoms with Crippen LogP contribution in [0.5, 0.6) is 0 Å². The third kappa shape index (κ3) is 3.04. The van der Waals surface area contributed by atoms with Crippen LogP contribution in [0.15, 0.2) is 36.4 Å². The molecule has 0 N–H and O–H groups in total. The summed E-state index contributed by atoms with van der Waals surface area (Å²) in [6.07, 6.45) is -4.95. The van der Waals surface area contributed by atoms with Crippen molar-refractivity contribution in [1.29, 1.82) is 0 Å². The highest BCUT2D eigenvalue weighted by atomic mass is 19.4. The molecule has 0 aromatic heterocycles. The Kier molecular flexibility index (Phi) is 3.12. The van der Waals surface area contributed by atoms with Gasteiger partial charge in [-0.25, -0.2) is 0 Å². The molecule has 0 nitrogen and oxygen atoms in total. The predicted molar refractivity (Wildman–Crippen MR) is 46.5 cm³/mol. The number of halogens is 5. The minimum Gasteiger partial charge on any atom is -0.191 e. The smallest absolute Gasteiger partial charge is 0.191 e. The quantitative estimate of drug-likeness (QED) is 0.666. The second-order valence-electron chi connectivity index (χ2n) is 2.86. The fraction of sp³-hybridized carbons (Fsp3) is 0.200. The second kappa shape index (κ2) is 4.00. The van der Waals surface area contributed by atoms with Crippen molar-refractivity contribution in [2.45, 2.75) is 12.1 Å². The minimum absolute atomic E-state index is 0.150. The molecule has 0 saturated carbocycles. The first-order valence-electron chi connectivity index (χ1n) is 4.02. The normalized spacial score (nSPS) is 13.4. The van der Waals surface area contributed by atoms with Crippen molar-refractivity contribution >= 4 is 6.08 Å². The van der Waals surface area contributed by atoms with E-state index in [2.05, 4.69) is 0 Å². The molecule has 0 atom stereocenters. The van der Waals surface area contributed by atoms with Crippen LogP contribution >= 0.6 is 0 Å². The highest BCUT2D eigenvalue weighted by Gasteiger charge is 2.55. The molecule has 0 bridgehead atoms. The van der Waals surface area contributed by atoms with Crippen molar-refractivity contribution in [2.75, 3.05) is 0 Å². The Labute approximate surface area is 83.0 Å². The summed E-state index contributed by atoms with van der Waals surface area (Å²) in [5, 5.41) is 0. The van der Waals surface area contributed by atoms with Crippen LogP contribution in [0.4, 0.5) is 22.0 Å². The Hall–Kier alpha value is -1.39. The van der Waals surface area contributed by atoms with E-state index in [0.717, 1.165) is 6.08 Å². The van der Waals surface area contributed by atoms with Gasteiger partial charge in [0.25, 0.3) is 0 Å². The Bertz CT molecular complexity index is 337. The SMILES string of the molecule is FC(F)(F)C(F)(F)/C=C\c1ccccc1. The molecule has 0 heterocycles. The molecule has 0 unspecified atom stereocenters. The number of hydrogen-bond donors (Lipinski definition) is 0. The first-order valence-corrected chi connectivity index (χ1v) is 4.02. The van der Waals surface area contributed by atoms with Crippen LogP contribution < -0.4 is 0 Å². The van der Waals surface area contributed by atoms with E-state index in [-0.39, 0.29) is 6.08 Å². The summed E-state index contributed by atoms with van der Waals surface area (Å²) in [7, 11) is 0. The van der Waals surface area contributed by atoms with Gasteiger partial charge in [-0.2, -0.15) is 22.0 Å². The van der Waals surface area contributed by atoms with E-state index in [1.165, 1.54) is 12.1 Å². The molecule has 1 rings (SSSR count). The standard InChI is InChI=1S/C10H7F5/c11-9(12,10(13,14)15)7-6-8-4-2-1-3-5-8/h1-7H/b7-6-. The summed E-state index contributed by atoms with van der Waals surface area (Å²) in [4.78, 5) is 0. The van der Waals surface area contributed by atoms with Gasteiger partial charge < -0.3 is 0 Å². The van der Waals surface area contributed by atoms with Gasteiger partial charge in [0.15, 0.2) is 0 Å². The Balaban J connectivity index is 2.83. The molecule has 5 heteroatoms. The van der Waals surface area contributed by atoms with Crippen LogP contribution in [-0.2, 0) is 0 Å². The average molecular weight is 222 g/mol. The number of benzene rings is 1. The van der Waals surface area contributed by atoms with Crippen LogP contribution in [-0.4, -0.2) is 12.1 Å². The molecule has 0 aliphatic carbocycles. The van der Waals surface area contributed by atoms with Crippen LogP contribution in [0.1, 0.15) is 5.56 Å². The van der Waals surface area contributed by atoms with Crippen molar-refractivity contribution in [2.24, 2.45) is 0 Å². The molecule has 0 spiro atoms. The van der Waals surface area contributed by atoms with Crippen LogP contribution in [0.25, 0.3) is 6.08 Å². The largest absolute Gasteiger partial charge is 0.457 e. The van der Waals surface area contributed by atoms with Crippen molar-refractivity contribution in [3.05, 3.63) is 42.0 Å². The van der Waals surface area contributed by atoms with Crippen LogP contribution in [0.2, 0.25) is 0 Å². The number of hydrogen-bond acceptors (Lipinski definition) is 0. The minimum atomic E-state index is -5.54. The molecule has 15 heavy (non-hydrogen) atoms. The Morgan fingerprint density at radius 1 is 0.867 bits per heavy atom. The molecule has 0 fully saturated rings. The van der Waals surface area contributed by atoms with Gasteiger partial charge in [-0.15, -0.1) is 0 Å². The highest BCUT2D eigenvalue weighted by Crippen LogP contribution is 2.36. The summed E-state index contributed by atoms with van der Waals surface area (Å²) in [6.45, 7) is 0. The fourth-order valence-electron chi connectivity index (χ4n) is 0.860. The van der Waals surface area contributed by atoms with Gasteiger partial charge in [-0.05, 0) is 11.6 Å². The maximum atomic E-state index is 12.4. The predicted octanol–water partition coefficient (Wildman–Crippen LogP) is 3.90. The first-order chi connectivity index (χ1) is 6.83. The number of alkyl halides is 5. The lowest BCUT2D eigenvalue weighted by Crippen LogP contribution is -2.33.